The van der Waals surface area contributed by atoms with E-state index in [0.29, 0.717) is 0 Å². The number of nitrogens with zero attached hydrogens (tertiary/aromatic N) is 1. The predicted molar refractivity (Wildman–Crippen MR) is 194 cm³/mol. The van der Waals surface area contributed by atoms with Gasteiger partial charge in [0.2, 0.25) is 0 Å². The van der Waals surface area contributed by atoms with Gasteiger partial charge in [-0.15, -0.1) is 0 Å². The summed E-state index contributed by atoms with van der Waals surface area (Å²) in [5.41, 5.74) is 9.83. The molecular formula is C44H29NO. The standard InChI is InChI=1S/C44H29NO/c1-3-15-30(16-4-1)42-36-22-7-9-24-38(36)43(39-25-10-8-23-37(39)42)45(32-18-5-2-6-19-32)33-20-13-17-31(29-33)34-26-14-27-40-35-21-11-12-28-41(35)46-44(34)40/h1-29H. The van der Waals surface area contributed by atoms with Gasteiger partial charge in [0.05, 0.1) is 5.69 Å². The van der Waals surface area contributed by atoms with Crippen LogP contribution in [-0.2, 0) is 0 Å². The molecule has 1 heterocycles. The van der Waals surface area contributed by atoms with E-state index >= 15 is 0 Å². The van der Waals surface area contributed by atoms with Crippen LogP contribution in [0.5, 0.6) is 0 Å². The number of hydrogen-bond acceptors (Lipinski definition) is 2. The van der Waals surface area contributed by atoms with E-state index in [-0.39, 0.29) is 0 Å². The molecule has 0 unspecified atom stereocenters. The van der Waals surface area contributed by atoms with E-state index in [9.17, 15) is 0 Å². The fourth-order valence-electron chi connectivity index (χ4n) is 7.03. The maximum absolute atomic E-state index is 6.46. The van der Waals surface area contributed by atoms with E-state index in [1.807, 2.05) is 12.1 Å². The molecule has 1 aromatic heterocycles. The first-order valence-electron chi connectivity index (χ1n) is 15.7. The van der Waals surface area contributed by atoms with Crippen LogP contribution >= 0.6 is 0 Å². The third-order valence-electron chi connectivity index (χ3n) is 9.02. The Kier molecular flexibility index (Phi) is 6.17. The number of rotatable bonds is 5. The highest BCUT2D eigenvalue weighted by molar-refractivity contribution is 6.22. The second kappa shape index (κ2) is 10.8. The van der Waals surface area contributed by atoms with Crippen LogP contribution in [0.25, 0.3) is 65.7 Å². The van der Waals surface area contributed by atoms with E-state index in [1.165, 1.54) is 32.7 Å². The normalized spacial score (nSPS) is 11.5. The molecule has 0 saturated heterocycles. The minimum Gasteiger partial charge on any atom is -0.455 e. The Morgan fingerprint density at radius 3 is 1.61 bits per heavy atom. The van der Waals surface area contributed by atoms with Crippen LogP contribution in [0.4, 0.5) is 17.1 Å². The van der Waals surface area contributed by atoms with Gasteiger partial charge in [-0.3, -0.25) is 0 Å². The summed E-state index contributed by atoms with van der Waals surface area (Å²) >= 11 is 0. The third kappa shape index (κ3) is 4.19. The van der Waals surface area contributed by atoms with Gasteiger partial charge in [-0.05, 0) is 57.8 Å². The average Bonchev–Trinajstić information content (AvgIpc) is 3.51. The maximum Gasteiger partial charge on any atom is 0.143 e. The van der Waals surface area contributed by atoms with Gasteiger partial charge < -0.3 is 9.32 Å². The zero-order chi connectivity index (χ0) is 30.5. The van der Waals surface area contributed by atoms with Gasteiger partial charge in [-0.1, -0.05) is 146 Å². The first-order valence-corrected chi connectivity index (χ1v) is 15.7. The molecule has 0 radical (unpaired) electrons. The van der Waals surface area contributed by atoms with Gasteiger partial charge in [0.15, 0.2) is 0 Å². The molecule has 0 aliphatic carbocycles. The summed E-state index contributed by atoms with van der Waals surface area (Å²) in [6, 6.07) is 62.7. The zero-order valence-corrected chi connectivity index (χ0v) is 25.1. The molecule has 0 aliphatic heterocycles. The van der Waals surface area contributed by atoms with Crippen molar-refractivity contribution in [3.63, 3.8) is 0 Å². The summed E-state index contributed by atoms with van der Waals surface area (Å²) in [4.78, 5) is 2.42. The van der Waals surface area contributed by atoms with Gasteiger partial charge in [0, 0.05) is 38.5 Å². The molecule has 0 bridgehead atoms. The SMILES string of the molecule is c1ccc(-c2c3ccccc3c(N(c3ccccc3)c3cccc(-c4cccc5c4oc4ccccc45)c3)c3ccccc23)cc1. The highest BCUT2D eigenvalue weighted by atomic mass is 16.3. The Bertz CT molecular complexity index is 2470. The van der Waals surface area contributed by atoms with Crippen LogP contribution in [0.15, 0.2) is 180 Å². The van der Waals surface area contributed by atoms with Crippen LogP contribution < -0.4 is 4.90 Å². The van der Waals surface area contributed by atoms with Crippen LogP contribution in [0, 0.1) is 0 Å². The summed E-state index contributed by atoms with van der Waals surface area (Å²) in [7, 11) is 0. The van der Waals surface area contributed by atoms with Gasteiger partial charge in [0.1, 0.15) is 11.2 Å². The molecule has 8 aromatic carbocycles. The molecular weight excluding hydrogens is 558 g/mol. The minimum absolute atomic E-state index is 0.906. The van der Waals surface area contributed by atoms with Crippen molar-refractivity contribution in [1.82, 2.24) is 0 Å². The number of anilines is 3. The largest absolute Gasteiger partial charge is 0.455 e. The van der Waals surface area contributed by atoms with Crippen molar-refractivity contribution < 1.29 is 4.42 Å². The van der Waals surface area contributed by atoms with Crippen molar-refractivity contribution in [2.24, 2.45) is 0 Å². The molecule has 9 rings (SSSR count). The summed E-state index contributed by atoms with van der Waals surface area (Å²) in [6.07, 6.45) is 0. The van der Waals surface area contributed by atoms with Crippen molar-refractivity contribution >= 4 is 60.5 Å². The van der Waals surface area contributed by atoms with Crippen LogP contribution in [0.1, 0.15) is 0 Å². The van der Waals surface area contributed by atoms with E-state index < -0.39 is 0 Å². The molecule has 2 heteroatoms. The summed E-state index contributed by atoms with van der Waals surface area (Å²) in [6.45, 7) is 0. The molecule has 0 saturated carbocycles. The lowest BCUT2D eigenvalue weighted by Crippen LogP contribution is -2.11. The maximum atomic E-state index is 6.46. The molecule has 9 aromatic rings. The van der Waals surface area contributed by atoms with Crippen molar-refractivity contribution in [2.45, 2.75) is 0 Å². The van der Waals surface area contributed by atoms with Gasteiger partial charge in [-0.25, -0.2) is 0 Å². The van der Waals surface area contributed by atoms with Gasteiger partial charge in [-0.2, -0.15) is 0 Å². The quantitative estimate of drug-likeness (QED) is 0.186. The monoisotopic (exact) mass is 587 g/mol. The lowest BCUT2D eigenvalue weighted by molar-refractivity contribution is 0.670. The topological polar surface area (TPSA) is 16.4 Å². The molecule has 46 heavy (non-hydrogen) atoms. The molecule has 0 spiro atoms. The van der Waals surface area contributed by atoms with Crippen LogP contribution in [0.3, 0.4) is 0 Å². The summed E-state index contributed by atoms with van der Waals surface area (Å²) in [5.74, 6) is 0. The molecule has 0 aliphatic rings. The summed E-state index contributed by atoms with van der Waals surface area (Å²) < 4.78 is 6.46. The van der Waals surface area contributed by atoms with Gasteiger partial charge >= 0.3 is 0 Å². The molecule has 0 atom stereocenters. The van der Waals surface area contributed by atoms with Crippen molar-refractivity contribution in [3.05, 3.63) is 176 Å². The molecule has 0 amide bonds. The number of hydrogen-bond donors (Lipinski definition) is 0. The first kappa shape index (κ1) is 26.3. The Morgan fingerprint density at radius 1 is 0.370 bits per heavy atom. The lowest BCUT2D eigenvalue weighted by Gasteiger charge is -2.30. The van der Waals surface area contributed by atoms with Crippen LogP contribution in [-0.4, -0.2) is 0 Å². The van der Waals surface area contributed by atoms with E-state index in [1.54, 1.807) is 0 Å². The number of furan rings is 1. The highest BCUT2D eigenvalue weighted by Gasteiger charge is 2.22. The predicted octanol–water partition coefficient (Wildman–Crippen LogP) is 12.7. The Balaban J connectivity index is 1.33. The van der Waals surface area contributed by atoms with E-state index in [4.69, 9.17) is 4.42 Å². The second-order valence-electron chi connectivity index (χ2n) is 11.7. The lowest BCUT2D eigenvalue weighted by atomic mass is 9.90. The molecule has 2 nitrogen and oxygen atoms in total. The van der Waals surface area contributed by atoms with Crippen molar-refractivity contribution in [2.75, 3.05) is 4.90 Å². The number of benzene rings is 8. The second-order valence-corrected chi connectivity index (χ2v) is 11.7. The third-order valence-corrected chi connectivity index (χ3v) is 9.02. The Labute approximate surface area is 267 Å². The van der Waals surface area contributed by atoms with E-state index in [0.717, 1.165) is 50.1 Å². The Hall–Kier alpha value is -6.12. The first-order chi connectivity index (χ1) is 22.8. The summed E-state index contributed by atoms with van der Waals surface area (Å²) in [5, 5.41) is 7.13. The zero-order valence-electron chi connectivity index (χ0n) is 25.1. The highest BCUT2D eigenvalue weighted by Crippen LogP contribution is 2.48. The Morgan fingerprint density at radius 2 is 0.891 bits per heavy atom. The number of fused-ring (bicyclic) bond motifs is 5. The molecule has 0 N–H and O–H groups in total. The van der Waals surface area contributed by atoms with Crippen LogP contribution in [0.2, 0.25) is 0 Å². The average molecular weight is 588 g/mol. The van der Waals surface area contributed by atoms with E-state index in [2.05, 4.69) is 169 Å². The molecule has 216 valence electrons. The minimum atomic E-state index is 0.906. The fraction of sp³-hybridized carbons (Fsp3) is 0. The van der Waals surface area contributed by atoms with Gasteiger partial charge in [0.25, 0.3) is 0 Å². The number of para-hydroxylation sites is 3. The smallest absolute Gasteiger partial charge is 0.143 e. The van der Waals surface area contributed by atoms with Crippen molar-refractivity contribution in [3.8, 4) is 22.3 Å². The fourth-order valence-corrected chi connectivity index (χ4v) is 7.03. The van der Waals surface area contributed by atoms with Crippen molar-refractivity contribution in [1.29, 1.82) is 0 Å². The molecule has 0 fully saturated rings.